The van der Waals surface area contributed by atoms with Gasteiger partial charge in [0.2, 0.25) is 5.91 Å². The third kappa shape index (κ3) is 6.83. The summed E-state index contributed by atoms with van der Waals surface area (Å²) in [5.74, 6) is -2.34. The highest BCUT2D eigenvalue weighted by molar-refractivity contribution is 6.32. The molecule has 0 radical (unpaired) electrons. The van der Waals surface area contributed by atoms with Gasteiger partial charge in [0.15, 0.2) is 0 Å². The van der Waals surface area contributed by atoms with Crippen molar-refractivity contribution in [2.45, 2.75) is 26.4 Å². The van der Waals surface area contributed by atoms with E-state index in [0.29, 0.717) is 22.0 Å². The highest BCUT2D eigenvalue weighted by Crippen LogP contribution is 2.38. The van der Waals surface area contributed by atoms with Gasteiger partial charge in [0, 0.05) is 38.7 Å². The van der Waals surface area contributed by atoms with E-state index in [9.17, 15) is 31.9 Å². The quantitative estimate of drug-likeness (QED) is 0.0978. The van der Waals surface area contributed by atoms with E-state index in [1.54, 1.807) is 19.9 Å². The molecule has 0 spiro atoms. The number of halogens is 6. The van der Waals surface area contributed by atoms with E-state index >= 15 is 0 Å². The van der Waals surface area contributed by atoms with Crippen LogP contribution in [0.2, 0.25) is 10.0 Å². The van der Waals surface area contributed by atoms with Gasteiger partial charge in [-0.1, -0.05) is 29.3 Å². The molecule has 6 nitrogen and oxygen atoms in total. The lowest BCUT2D eigenvalue weighted by Crippen LogP contribution is -2.22. The number of hydrogen-bond acceptors (Lipinski definition) is 5. The number of ether oxygens (including phenoxy) is 1. The first kappa shape index (κ1) is 30.8. The molecule has 218 valence electrons. The summed E-state index contributed by atoms with van der Waals surface area (Å²) in [7, 11) is 0. The number of aryl methyl sites for hydroxylation is 1. The largest absolute Gasteiger partial charge is 0.463 e. The maximum Gasteiger partial charge on any atom is 0.418 e. The molecular formula is C30H21Cl2F4NO5. The van der Waals surface area contributed by atoms with Gasteiger partial charge in [0.05, 0.1) is 29.8 Å². The lowest BCUT2D eigenvalue weighted by atomic mass is 9.93. The number of esters is 1. The molecule has 0 saturated carbocycles. The normalized spacial score (nSPS) is 11.7. The smallest absolute Gasteiger partial charge is 0.418 e. The summed E-state index contributed by atoms with van der Waals surface area (Å²) in [6, 6.07) is 9.69. The Balaban J connectivity index is 1.85. The fourth-order valence-electron chi connectivity index (χ4n) is 4.25. The summed E-state index contributed by atoms with van der Waals surface area (Å²) in [5.41, 5.74) is -1.80. The molecule has 0 fully saturated rings. The Kier molecular flexibility index (Phi) is 9.08. The molecule has 0 aliphatic rings. The van der Waals surface area contributed by atoms with Crippen LogP contribution in [0.5, 0.6) is 0 Å². The van der Waals surface area contributed by atoms with E-state index in [1.807, 2.05) is 0 Å². The molecule has 1 heterocycles. The van der Waals surface area contributed by atoms with Crippen LogP contribution >= 0.6 is 23.2 Å². The highest BCUT2D eigenvalue weighted by Gasteiger charge is 2.34. The second-order valence-corrected chi connectivity index (χ2v) is 9.92. The van der Waals surface area contributed by atoms with E-state index < -0.39 is 47.2 Å². The van der Waals surface area contributed by atoms with Crippen molar-refractivity contribution in [3.05, 3.63) is 103 Å². The molecular weight excluding hydrogens is 601 g/mol. The van der Waals surface area contributed by atoms with E-state index in [0.717, 1.165) is 18.2 Å². The first-order valence-corrected chi connectivity index (χ1v) is 13.1. The number of carbonyl (C=O) groups excluding carboxylic acids is 2. The highest BCUT2D eigenvalue weighted by atomic mass is 35.5. The monoisotopic (exact) mass is 621 g/mol. The molecule has 0 saturated heterocycles. The molecule has 0 unspecified atom stereocenters. The van der Waals surface area contributed by atoms with Gasteiger partial charge in [-0.05, 0) is 67.4 Å². The predicted octanol–water partition coefficient (Wildman–Crippen LogP) is 7.99. The predicted molar refractivity (Wildman–Crippen MR) is 152 cm³/mol. The van der Waals surface area contributed by atoms with Gasteiger partial charge in [-0.15, -0.1) is 0 Å². The first-order valence-electron chi connectivity index (χ1n) is 12.4. The molecule has 0 aliphatic carbocycles. The minimum atomic E-state index is -4.82. The number of fused-ring (bicyclic) bond motifs is 1. The molecule has 12 heteroatoms. The van der Waals surface area contributed by atoms with Crippen molar-refractivity contribution in [2.24, 2.45) is 0 Å². The molecule has 0 atom stereocenters. The number of anilines is 1. The van der Waals surface area contributed by atoms with Crippen molar-refractivity contribution in [1.29, 1.82) is 0 Å². The van der Waals surface area contributed by atoms with Gasteiger partial charge >= 0.3 is 17.8 Å². The molecule has 42 heavy (non-hydrogen) atoms. The van der Waals surface area contributed by atoms with Crippen LogP contribution in [0, 0.1) is 12.7 Å². The van der Waals surface area contributed by atoms with Crippen molar-refractivity contribution >= 4 is 57.8 Å². The van der Waals surface area contributed by atoms with Crippen LogP contribution < -0.4 is 10.9 Å². The van der Waals surface area contributed by atoms with Gasteiger partial charge in [0.25, 0.3) is 0 Å². The number of rotatable bonds is 7. The Morgan fingerprint density at radius 2 is 1.81 bits per heavy atom. The topological polar surface area (TPSA) is 85.6 Å². The van der Waals surface area contributed by atoms with Crippen LogP contribution in [0.15, 0.2) is 63.8 Å². The van der Waals surface area contributed by atoms with E-state index in [1.165, 1.54) is 30.3 Å². The number of hydrogen-bond donors (Lipinski definition) is 1. The van der Waals surface area contributed by atoms with Gasteiger partial charge < -0.3 is 14.5 Å². The second kappa shape index (κ2) is 12.4. The second-order valence-electron chi connectivity index (χ2n) is 9.07. The zero-order valence-corrected chi connectivity index (χ0v) is 23.5. The number of carbonyl (C=O) groups is 2. The lowest BCUT2D eigenvalue weighted by molar-refractivity contribution is -0.138. The number of amides is 1. The lowest BCUT2D eigenvalue weighted by Gasteiger charge is -2.16. The molecule has 0 bridgehead atoms. The minimum absolute atomic E-state index is 0.0287. The molecule has 4 rings (SSSR count). The molecule has 0 aliphatic heterocycles. The summed E-state index contributed by atoms with van der Waals surface area (Å²) in [4.78, 5) is 38.0. The number of benzene rings is 3. The van der Waals surface area contributed by atoms with Crippen molar-refractivity contribution < 1.29 is 36.3 Å². The molecule has 1 amide bonds. The summed E-state index contributed by atoms with van der Waals surface area (Å²) in [5, 5.41) is 2.64. The molecule has 1 aromatic heterocycles. The molecule has 4 aromatic rings. The van der Waals surface area contributed by atoms with Crippen LogP contribution in [-0.4, -0.2) is 18.5 Å². The van der Waals surface area contributed by atoms with Crippen LogP contribution in [0.3, 0.4) is 0 Å². The van der Waals surface area contributed by atoms with E-state index in [-0.39, 0.29) is 39.5 Å². The number of alkyl halides is 3. The van der Waals surface area contributed by atoms with Crippen molar-refractivity contribution in [2.75, 3.05) is 11.9 Å². The maximum absolute atomic E-state index is 14.7. The van der Waals surface area contributed by atoms with Crippen LogP contribution in [0.1, 0.15) is 29.2 Å². The average molecular weight is 622 g/mol. The Hall–Kier alpha value is -4.15. The van der Waals surface area contributed by atoms with E-state index in [4.69, 9.17) is 32.4 Å². The van der Waals surface area contributed by atoms with Crippen LogP contribution in [-0.2, 0) is 26.9 Å². The third-order valence-electron chi connectivity index (χ3n) is 6.15. The van der Waals surface area contributed by atoms with Crippen molar-refractivity contribution in [3.63, 3.8) is 0 Å². The van der Waals surface area contributed by atoms with Gasteiger partial charge in [-0.2, -0.15) is 13.2 Å². The summed E-state index contributed by atoms with van der Waals surface area (Å²) in [6.45, 7) is 3.42. The molecule has 3 aromatic carbocycles. The standard InChI is InChI=1S/C30H21Cl2F4NO5/c1-3-41-27(39)9-5-16-11-17(4-7-23(16)33)28-19-10-15(2)22(32)14-25(19)42-29(40)20(28)13-26(38)37-24-8-6-18(31)12-21(24)30(34,35)36/h4-12,14H,3,13H2,1-2H3,(H,37,38). The van der Waals surface area contributed by atoms with Crippen molar-refractivity contribution in [1.82, 2.24) is 0 Å². The zero-order valence-electron chi connectivity index (χ0n) is 22.0. The van der Waals surface area contributed by atoms with E-state index in [2.05, 4.69) is 5.32 Å². The third-order valence-corrected chi connectivity index (χ3v) is 6.79. The number of nitrogens with one attached hydrogen (secondary N) is 1. The minimum Gasteiger partial charge on any atom is -0.463 e. The molecule has 1 N–H and O–H groups in total. The Morgan fingerprint density at radius 1 is 1.07 bits per heavy atom. The summed E-state index contributed by atoms with van der Waals surface area (Å²) < 4.78 is 65.7. The maximum atomic E-state index is 14.7. The SMILES string of the molecule is CCOC(=O)C=Cc1cc(-c2c(CC(=O)Nc3ccc(Cl)cc3C(F)(F)F)c(=O)oc3cc(Cl)c(C)cc23)ccc1F. The van der Waals surface area contributed by atoms with Crippen molar-refractivity contribution in [3.8, 4) is 11.1 Å². The fraction of sp³-hybridized carbons (Fsp3) is 0.167. The van der Waals surface area contributed by atoms with Crippen LogP contribution in [0.4, 0.5) is 23.2 Å². The Bertz CT molecular complexity index is 1800. The summed E-state index contributed by atoms with van der Waals surface area (Å²) in [6.07, 6.45) is -3.29. The van der Waals surface area contributed by atoms with Gasteiger partial charge in [0.1, 0.15) is 11.4 Å². The van der Waals surface area contributed by atoms with Gasteiger partial charge in [-0.25, -0.2) is 14.0 Å². The Labute approximate surface area is 246 Å². The summed E-state index contributed by atoms with van der Waals surface area (Å²) >= 11 is 12.0. The zero-order chi connectivity index (χ0) is 30.8. The first-order chi connectivity index (χ1) is 19.8. The average Bonchev–Trinajstić information content (AvgIpc) is 2.91. The van der Waals surface area contributed by atoms with Crippen LogP contribution in [0.25, 0.3) is 28.2 Å². The fourth-order valence-corrected chi connectivity index (χ4v) is 4.58. The Morgan fingerprint density at radius 3 is 2.50 bits per heavy atom. The van der Waals surface area contributed by atoms with Gasteiger partial charge in [-0.3, -0.25) is 4.79 Å².